The van der Waals surface area contributed by atoms with Gasteiger partial charge in [0.1, 0.15) is 12.4 Å². The standard InChI is InChI=1S/C22H28ClN3O2/c1-17(2)25-12-14-26(15-13-25)20-7-3-18(4-8-20)22(27)24-11-16-28-21-9-5-19(23)6-10-21/h3-10,17H,11-16H2,1-2H3,(H,24,27). The minimum Gasteiger partial charge on any atom is -0.492 e. The summed E-state index contributed by atoms with van der Waals surface area (Å²) in [5.74, 6) is 0.649. The lowest BCUT2D eigenvalue weighted by Crippen LogP contribution is -2.48. The molecule has 150 valence electrons. The van der Waals surface area contributed by atoms with Gasteiger partial charge in [-0.3, -0.25) is 9.69 Å². The van der Waals surface area contributed by atoms with Gasteiger partial charge in [0, 0.05) is 48.5 Å². The van der Waals surface area contributed by atoms with Crippen LogP contribution < -0.4 is 15.0 Å². The second-order valence-corrected chi connectivity index (χ2v) is 7.66. The molecule has 0 spiro atoms. The summed E-state index contributed by atoms with van der Waals surface area (Å²) in [4.78, 5) is 17.2. The molecule has 0 bridgehead atoms. The van der Waals surface area contributed by atoms with Gasteiger partial charge in [-0.25, -0.2) is 0 Å². The number of carbonyl (C=O) groups excluding carboxylic acids is 1. The molecule has 1 saturated heterocycles. The molecule has 3 rings (SSSR count). The summed E-state index contributed by atoms with van der Waals surface area (Å²) < 4.78 is 5.59. The fourth-order valence-electron chi connectivity index (χ4n) is 3.29. The number of anilines is 1. The number of carbonyl (C=O) groups is 1. The fourth-order valence-corrected chi connectivity index (χ4v) is 3.41. The van der Waals surface area contributed by atoms with Gasteiger partial charge in [-0.05, 0) is 62.4 Å². The highest BCUT2D eigenvalue weighted by molar-refractivity contribution is 6.30. The van der Waals surface area contributed by atoms with Crippen molar-refractivity contribution in [2.24, 2.45) is 0 Å². The summed E-state index contributed by atoms with van der Waals surface area (Å²) in [5, 5.41) is 3.56. The maximum absolute atomic E-state index is 12.3. The third-order valence-corrected chi connectivity index (χ3v) is 5.26. The molecule has 2 aromatic rings. The van der Waals surface area contributed by atoms with Crippen molar-refractivity contribution in [2.75, 3.05) is 44.2 Å². The Morgan fingerprint density at radius 3 is 2.29 bits per heavy atom. The molecule has 5 nitrogen and oxygen atoms in total. The topological polar surface area (TPSA) is 44.8 Å². The highest BCUT2D eigenvalue weighted by Gasteiger charge is 2.19. The van der Waals surface area contributed by atoms with E-state index in [1.165, 1.54) is 5.69 Å². The first kappa shape index (κ1) is 20.5. The maximum atomic E-state index is 12.3. The van der Waals surface area contributed by atoms with Gasteiger partial charge in [0.15, 0.2) is 0 Å². The Kier molecular flexibility index (Phi) is 7.18. The van der Waals surface area contributed by atoms with E-state index in [1.54, 1.807) is 12.1 Å². The Balaban J connectivity index is 1.43. The van der Waals surface area contributed by atoms with Crippen LogP contribution in [-0.2, 0) is 0 Å². The molecule has 1 heterocycles. The molecule has 0 atom stereocenters. The third kappa shape index (κ3) is 5.63. The molecule has 0 aliphatic carbocycles. The lowest BCUT2D eigenvalue weighted by atomic mass is 10.1. The second kappa shape index (κ2) is 9.80. The first-order valence-corrected chi connectivity index (χ1v) is 10.2. The van der Waals surface area contributed by atoms with Crippen molar-refractivity contribution >= 4 is 23.2 Å². The van der Waals surface area contributed by atoms with E-state index < -0.39 is 0 Å². The van der Waals surface area contributed by atoms with Gasteiger partial charge in [0.25, 0.3) is 5.91 Å². The highest BCUT2D eigenvalue weighted by Crippen LogP contribution is 2.18. The van der Waals surface area contributed by atoms with Crippen LogP contribution in [0.2, 0.25) is 5.02 Å². The van der Waals surface area contributed by atoms with Gasteiger partial charge >= 0.3 is 0 Å². The molecule has 0 radical (unpaired) electrons. The Morgan fingerprint density at radius 1 is 1.04 bits per heavy atom. The van der Waals surface area contributed by atoms with Crippen molar-refractivity contribution in [3.8, 4) is 5.75 Å². The fraction of sp³-hybridized carbons (Fsp3) is 0.409. The van der Waals surface area contributed by atoms with Crippen LogP contribution in [-0.4, -0.2) is 56.2 Å². The molecule has 0 aromatic heterocycles. The molecule has 1 aliphatic heterocycles. The van der Waals surface area contributed by atoms with E-state index in [-0.39, 0.29) is 5.91 Å². The summed E-state index contributed by atoms with van der Waals surface area (Å²) in [6.45, 7) is 9.53. The number of nitrogens with zero attached hydrogens (tertiary/aromatic N) is 2. The van der Waals surface area contributed by atoms with E-state index in [9.17, 15) is 4.79 Å². The van der Waals surface area contributed by atoms with Crippen molar-refractivity contribution in [2.45, 2.75) is 19.9 Å². The zero-order chi connectivity index (χ0) is 19.9. The number of piperazine rings is 1. The highest BCUT2D eigenvalue weighted by atomic mass is 35.5. The number of nitrogens with one attached hydrogen (secondary N) is 1. The molecule has 1 fully saturated rings. The zero-order valence-corrected chi connectivity index (χ0v) is 17.3. The predicted molar refractivity (Wildman–Crippen MR) is 115 cm³/mol. The number of hydrogen-bond donors (Lipinski definition) is 1. The van der Waals surface area contributed by atoms with E-state index in [4.69, 9.17) is 16.3 Å². The summed E-state index contributed by atoms with van der Waals surface area (Å²) >= 11 is 5.84. The summed E-state index contributed by atoms with van der Waals surface area (Å²) in [6, 6.07) is 15.6. The lowest BCUT2D eigenvalue weighted by molar-refractivity contribution is 0.0947. The number of amides is 1. The first-order chi connectivity index (χ1) is 13.5. The summed E-state index contributed by atoms with van der Waals surface area (Å²) in [6.07, 6.45) is 0. The Labute approximate surface area is 172 Å². The maximum Gasteiger partial charge on any atom is 0.251 e. The van der Waals surface area contributed by atoms with E-state index in [2.05, 4.69) is 29.0 Å². The van der Waals surface area contributed by atoms with Crippen molar-refractivity contribution in [3.63, 3.8) is 0 Å². The van der Waals surface area contributed by atoms with Crippen LogP contribution in [0.1, 0.15) is 24.2 Å². The molecular formula is C22H28ClN3O2. The second-order valence-electron chi connectivity index (χ2n) is 7.22. The van der Waals surface area contributed by atoms with E-state index in [0.29, 0.717) is 29.8 Å². The number of rotatable bonds is 7. The van der Waals surface area contributed by atoms with E-state index in [0.717, 1.165) is 31.9 Å². The predicted octanol–water partition coefficient (Wildman–Crippen LogP) is 3.68. The Hall–Kier alpha value is -2.24. The monoisotopic (exact) mass is 401 g/mol. The Morgan fingerprint density at radius 2 is 1.68 bits per heavy atom. The quantitative estimate of drug-likeness (QED) is 0.719. The van der Waals surface area contributed by atoms with Gasteiger partial charge in [0.2, 0.25) is 0 Å². The van der Waals surface area contributed by atoms with E-state index in [1.807, 2.05) is 36.4 Å². The molecule has 0 saturated carbocycles. The molecular weight excluding hydrogens is 374 g/mol. The summed E-state index contributed by atoms with van der Waals surface area (Å²) in [5.41, 5.74) is 1.84. The van der Waals surface area contributed by atoms with Crippen LogP contribution >= 0.6 is 11.6 Å². The molecule has 0 unspecified atom stereocenters. The summed E-state index contributed by atoms with van der Waals surface area (Å²) in [7, 11) is 0. The van der Waals surface area contributed by atoms with Crippen LogP contribution in [0.4, 0.5) is 5.69 Å². The molecule has 6 heteroatoms. The minimum absolute atomic E-state index is 0.0871. The zero-order valence-electron chi connectivity index (χ0n) is 16.5. The van der Waals surface area contributed by atoms with Crippen molar-refractivity contribution in [3.05, 3.63) is 59.1 Å². The van der Waals surface area contributed by atoms with Gasteiger partial charge in [-0.1, -0.05) is 11.6 Å². The minimum atomic E-state index is -0.0871. The largest absolute Gasteiger partial charge is 0.492 e. The SMILES string of the molecule is CC(C)N1CCN(c2ccc(C(=O)NCCOc3ccc(Cl)cc3)cc2)CC1. The normalized spacial score (nSPS) is 14.9. The van der Waals surface area contributed by atoms with Crippen LogP contribution in [0.15, 0.2) is 48.5 Å². The van der Waals surface area contributed by atoms with Gasteiger partial charge in [0.05, 0.1) is 6.54 Å². The Bertz CT molecular complexity index is 754. The first-order valence-electron chi connectivity index (χ1n) is 9.78. The lowest BCUT2D eigenvalue weighted by Gasteiger charge is -2.38. The number of ether oxygens (including phenoxy) is 1. The molecule has 28 heavy (non-hydrogen) atoms. The van der Waals surface area contributed by atoms with Crippen LogP contribution in [0.25, 0.3) is 0 Å². The molecule has 1 amide bonds. The molecule has 1 aliphatic rings. The van der Waals surface area contributed by atoms with Crippen LogP contribution in [0, 0.1) is 0 Å². The number of benzene rings is 2. The van der Waals surface area contributed by atoms with Gasteiger partial charge in [-0.15, -0.1) is 0 Å². The average molecular weight is 402 g/mol. The average Bonchev–Trinajstić information content (AvgIpc) is 2.72. The van der Waals surface area contributed by atoms with Crippen molar-refractivity contribution < 1.29 is 9.53 Å². The smallest absolute Gasteiger partial charge is 0.251 e. The van der Waals surface area contributed by atoms with Crippen molar-refractivity contribution in [1.82, 2.24) is 10.2 Å². The van der Waals surface area contributed by atoms with Crippen LogP contribution in [0.3, 0.4) is 0 Å². The molecule has 2 aromatic carbocycles. The van der Waals surface area contributed by atoms with Crippen LogP contribution in [0.5, 0.6) is 5.75 Å². The van der Waals surface area contributed by atoms with Gasteiger partial charge < -0.3 is 15.0 Å². The van der Waals surface area contributed by atoms with E-state index >= 15 is 0 Å². The van der Waals surface area contributed by atoms with Crippen molar-refractivity contribution in [1.29, 1.82) is 0 Å². The third-order valence-electron chi connectivity index (χ3n) is 5.01. The van der Waals surface area contributed by atoms with Gasteiger partial charge in [-0.2, -0.15) is 0 Å². The number of halogens is 1. The number of hydrogen-bond acceptors (Lipinski definition) is 4. The molecule has 1 N–H and O–H groups in total.